The second kappa shape index (κ2) is 5.72. The van der Waals surface area contributed by atoms with Gasteiger partial charge in [0.1, 0.15) is 5.76 Å². The monoisotopic (exact) mass is 235 g/mol. The van der Waals surface area contributed by atoms with E-state index in [9.17, 15) is 0 Å². The molecule has 17 heavy (non-hydrogen) atoms. The van der Waals surface area contributed by atoms with Crippen LogP contribution in [0.25, 0.3) is 0 Å². The Morgan fingerprint density at radius 1 is 1.35 bits per heavy atom. The van der Waals surface area contributed by atoms with E-state index in [0.717, 1.165) is 30.1 Å². The Labute approximate surface area is 105 Å². The Morgan fingerprint density at radius 3 is 2.76 bits per heavy atom. The fraction of sp³-hybridized carbons (Fsp3) is 0.733. The van der Waals surface area contributed by atoms with Crippen molar-refractivity contribution in [1.29, 1.82) is 0 Å². The van der Waals surface area contributed by atoms with Gasteiger partial charge in [0.25, 0.3) is 0 Å². The van der Waals surface area contributed by atoms with E-state index in [1.165, 1.54) is 19.3 Å². The van der Waals surface area contributed by atoms with Crippen molar-refractivity contribution in [1.82, 2.24) is 5.32 Å². The van der Waals surface area contributed by atoms with Gasteiger partial charge in [0, 0.05) is 0 Å². The van der Waals surface area contributed by atoms with Crippen LogP contribution in [-0.4, -0.2) is 6.54 Å². The Balaban J connectivity index is 2.06. The topological polar surface area (TPSA) is 25.2 Å². The van der Waals surface area contributed by atoms with Crippen molar-refractivity contribution in [3.63, 3.8) is 0 Å². The first-order chi connectivity index (χ1) is 8.22. The molecule has 0 aliphatic heterocycles. The molecule has 1 aliphatic carbocycles. The molecule has 0 radical (unpaired) electrons. The fourth-order valence-electron chi connectivity index (χ4n) is 3.08. The molecule has 2 rings (SSSR count). The third kappa shape index (κ3) is 2.92. The van der Waals surface area contributed by atoms with Crippen molar-refractivity contribution in [3.05, 3.63) is 24.2 Å². The zero-order valence-corrected chi connectivity index (χ0v) is 11.3. The second-order valence-corrected chi connectivity index (χ2v) is 5.58. The molecule has 0 spiro atoms. The molecule has 0 aromatic carbocycles. The Morgan fingerprint density at radius 2 is 2.18 bits per heavy atom. The van der Waals surface area contributed by atoms with Crippen LogP contribution < -0.4 is 5.32 Å². The third-order valence-corrected chi connectivity index (χ3v) is 4.38. The summed E-state index contributed by atoms with van der Waals surface area (Å²) in [4.78, 5) is 0. The van der Waals surface area contributed by atoms with Crippen molar-refractivity contribution in [2.45, 2.75) is 46.1 Å². The molecule has 0 bridgehead atoms. The highest BCUT2D eigenvalue weighted by Gasteiger charge is 2.31. The molecule has 2 heteroatoms. The standard InChI is InChI=1S/C15H25NO/c1-4-16-15(14-6-5-9-17-14)13-8-7-11(2)12(3)10-13/h5-6,9,11-13,15-16H,4,7-8,10H2,1-3H3. The molecule has 96 valence electrons. The van der Waals surface area contributed by atoms with Gasteiger partial charge in [-0.15, -0.1) is 0 Å². The van der Waals surface area contributed by atoms with Gasteiger partial charge in [-0.25, -0.2) is 0 Å². The SMILES string of the molecule is CCNC(c1ccco1)C1CCC(C)C(C)C1. The Hall–Kier alpha value is -0.760. The van der Waals surface area contributed by atoms with Gasteiger partial charge in [-0.1, -0.05) is 27.2 Å². The lowest BCUT2D eigenvalue weighted by Gasteiger charge is -2.36. The molecule has 4 unspecified atom stereocenters. The molecule has 1 fully saturated rings. The zero-order valence-electron chi connectivity index (χ0n) is 11.3. The number of hydrogen-bond acceptors (Lipinski definition) is 2. The van der Waals surface area contributed by atoms with Crippen molar-refractivity contribution in [2.24, 2.45) is 17.8 Å². The van der Waals surface area contributed by atoms with E-state index in [1.54, 1.807) is 6.26 Å². The first kappa shape index (κ1) is 12.7. The predicted molar refractivity (Wildman–Crippen MR) is 70.8 cm³/mol. The normalized spacial score (nSPS) is 31.4. The quantitative estimate of drug-likeness (QED) is 0.853. The van der Waals surface area contributed by atoms with Crippen LogP contribution in [0.4, 0.5) is 0 Å². The van der Waals surface area contributed by atoms with Gasteiger partial charge in [-0.2, -0.15) is 0 Å². The molecular weight excluding hydrogens is 210 g/mol. The summed E-state index contributed by atoms with van der Waals surface area (Å²) in [6.07, 6.45) is 5.78. The summed E-state index contributed by atoms with van der Waals surface area (Å²) in [6.45, 7) is 7.95. The van der Waals surface area contributed by atoms with Crippen molar-refractivity contribution in [2.75, 3.05) is 6.54 Å². The van der Waals surface area contributed by atoms with Gasteiger partial charge in [0.2, 0.25) is 0 Å². The van der Waals surface area contributed by atoms with Gasteiger partial charge in [0.15, 0.2) is 0 Å². The van der Waals surface area contributed by atoms with E-state index in [4.69, 9.17) is 4.42 Å². The zero-order chi connectivity index (χ0) is 12.3. The predicted octanol–water partition coefficient (Wildman–Crippen LogP) is 4.00. The number of nitrogens with one attached hydrogen (secondary N) is 1. The molecule has 1 aromatic rings. The lowest BCUT2D eigenvalue weighted by atomic mass is 9.73. The van der Waals surface area contributed by atoms with Crippen LogP contribution in [0.5, 0.6) is 0 Å². The average Bonchev–Trinajstić information content (AvgIpc) is 2.83. The maximum atomic E-state index is 5.60. The van der Waals surface area contributed by atoms with Crippen LogP contribution in [0.1, 0.15) is 51.8 Å². The van der Waals surface area contributed by atoms with Crippen LogP contribution in [0.2, 0.25) is 0 Å². The molecule has 0 amide bonds. The highest BCUT2D eigenvalue weighted by atomic mass is 16.3. The van der Waals surface area contributed by atoms with Crippen molar-refractivity contribution >= 4 is 0 Å². The maximum absolute atomic E-state index is 5.60. The lowest BCUT2D eigenvalue weighted by molar-refractivity contribution is 0.161. The summed E-state index contributed by atoms with van der Waals surface area (Å²) >= 11 is 0. The number of rotatable bonds is 4. The first-order valence-electron chi connectivity index (χ1n) is 6.99. The Kier molecular flexibility index (Phi) is 4.27. The summed E-state index contributed by atoms with van der Waals surface area (Å²) in [5, 5.41) is 3.60. The molecule has 2 nitrogen and oxygen atoms in total. The van der Waals surface area contributed by atoms with Crippen LogP contribution in [0.15, 0.2) is 22.8 Å². The van der Waals surface area contributed by atoms with E-state index < -0.39 is 0 Å². The highest BCUT2D eigenvalue weighted by molar-refractivity contribution is 5.06. The molecular formula is C15H25NO. The third-order valence-electron chi connectivity index (χ3n) is 4.38. The summed E-state index contributed by atoms with van der Waals surface area (Å²) in [5.41, 5.74) is 0. The summed E-state index contributed by atoms with van der Waals surface area (Å²) in [7, 11) is 0. The van der Waals surface area contributed by atoms with Gasteiger partial charge in [-0.3, -0.25) is 0 Å². The van der Waals surface area contributed by atoms with Gasteiger partial charge >= 0.3 is 0 Å². The van der Waals surface area contributed by atoms with E-state index in [2.05, 4.69) is 32.2 Å². The van der Waals surface area contributed by atoms with E-state index in [-0.39, 0.29) is 0 Å². The molecule has 1 N–H and O–H groups in total. The molecule has 0 saturated heterocycles. The molecule has 1 aromatic heterocycles. The van der Waals surface area contributed by atoms with Crippen LogP contribution in [-0.2, 0) is 0 Å². The second-order valence-electron chi connectivity index (χ2n) is 5.58. The van der Waals surface area contributed by atoms with Gasteiger partial charge in [0.05, 0.1) is 12.3 Å². The van der Waals surface area contributed by atoms with E-state index in [0.29, 0.717) is 6.04 Å². The van der Waals surface area contributed by atoms with Crippen LogP contribution in [0, 0.1) is 17.8 Å². The van der Waals surface area contributed by atoms with Crippen molar-refractivity contribution in [3.8, 4) is 0 Å². The number of hydrogen-bond donors (Lipinski definition) is 1. The van der Waals surface area contributed by atoms with E-state index in [1.807, 2.05) is 6.07 Å². The summed E-state index contributed by atoms with van der Waals surface area (Å²) in [5.74, 6) is 3.56. The molecule has 1 aliphatic rings. The van der Waals surface area contributed by atoms with Crippen molar-refractivity contribution < 1.29 is 4.42 Å². The average molecular weight is 235 g/mol. The smallest absolute Gasteiger partial charge is 0.120 e. The minimum absolute atomic E-state index is 0.407. The number of furan rings is 1. The Bertz CT molecular complexity index is 320. The summed E-state index contributed by atoms with van der Waals surface area (Å²) < 4.78 is 5.60. The highest BCUT2D eigenvalue weighted by Crippen LogP contribution is 2.39. The largest absolute Gasteiger partial charge is 0.468 e. The molecule has 1 saturated carbocycles. The molecule has 4 atom stereocenters. The first-order valence-corrected chi connectivity index (χ1v) is 6.99. The minimum atomic E-state index is 0.407. The van der Waals surface area contributed by atoms with Gasteiger partial charge < -0.3 is 9.73 Å². The lowest BCUT2D eigenvalue weighted by Crippen LogP contribution is -2.33. The fourth-order valence-corrected chi connectivity index (χ4v) is 3.08. The van der Waals surface area contributed by atoms with Crippen LogP contribution >= 0.6 is 0 Å². The van der Waals surface area contributed by atoms with Gasteiger partial charge in [-0.05, 0) is 49.3 Å². The summed E-state index contributed by atoms with van der Waals surface area (Å²) in [6, 6.07) is 4.51. The maximum Gasteiger partial charge on any atom is 0.120 e. The van der Waals surface area contributed by atoms with E-state index >= 15 is 0 Å². The molecule has 1 heterocycles. The van der Waals surface area contributed by atoms with Crippen LogP contribution in [0.3, 0.4) is 0 Å². The minimum Gasteiger partial charge on any atom is -0.468 e.